The molecular formula is C18H29N3OS. The number of nitrogens with zero attached hydrogens (tertiary/aromatic N) is 2. The predicted molar refractivity (Wildman–Crippen MR) is 98.1 cm³/mol. The number of amides is 2. The normalized spacial score (nSPS) is 18.6. The van der Waals surface area contributed by atoms with Crippen LogP contribution in [0.15, 0.2) is 35.2 Å². The number of thioether (sulfide) groups is 1. The molecule has 23 heavy (non-hydrogen) atoms. The standard InChI is InChI=1S/C18H29N3OS/c1-20-12-7-6-9-16(20)15-19-18(22)21(2)13-8-14-23-17-10-4-3-5-11-17/h3-5,10-11,16H,6-9,12-15H2,1-2H3,(H,19,22). The lowest BCUT2D eigenvalue weighted by atomic mass is 10.0. The molecule has 1 N–H and O–H groups in total. The van der Waals surface area contributed by atoms with E-state index in [0.29, 0.717) is 6.04 Å². The van der Waals surface area contributed by atoms with Crippen molar-refractivity contribution in [1.29, 1.82) is 0 Å². The van der Waals surface area contributed by atoms with Crippen molar-refractivity contribution in [2.75, 3.05) is 39.5 Å². The number of likely N-dealkylation sites (tertiary alicyclic amines) is 1. The molecule has 1 aliphatic rings. The number of hydrogen-bond acceptors (Lipinski definition) is 3. The van der Waals surface area contributed by atoms with Crippen molar-refractivity contribution in [2.45, 2.75) is 36.6 Å². The third-order valence-corrected chi connectivity index (χ3v) is 5.51. The van der Waals surface area contributed by atoms with Crippen molar-refractivity contribution < 1.29 is 4.79 Å². The average molecular weight is 336 g/mol. The minimum Gasteiger partial charge on any atom is -0.336 e. The number of benzene rings is 1. The van der Waals surface area contributed by atoms with Crippen LogP contribution in [0.4, 0.5) is 4.79 Å². The maximum absolute atomic E-state index is 12.1. The molecule has 1 aromatic carbocycles. The van der Waals surface area contributed by atoms with Crippen LogP contribution in [0.1, 0.15) is 25.7 Å². The molecule has 0 aliphatic carbocycles. The van der Waals surface area contributed by atoms with Crippen molar-refractivity contribution in [1.82, 2.24) is 15.1 Å². The van der Waals surface area contributed by atoms with Crippen LogP contribution in [0.5, 0.6) is 0 Å². The highest BCUT2D eigenvalue weighted by atomic mass is 32.2. The van der Waals surface area contributed by atoms with Gasteiger partial charge in [0.2, 0.25) is 0 Å². The molecule has 0 saturated carbocycles. The summed E-state index contributed by atoms with van der Waals surface area (Å²) in [5.41, 5.74) is 0. The van der Waals surface area contributed by atoms with E-state index in [1.54, 1.807) is 4.90 Å². The molecule has 0 bridgehead atoms. The van der Waals surface area contributed by atoms with Crippen LogP contribution >= 0.6 is 11.8 Å². The molecule has 128 valence electrons. The summed E-state index contributed by atoms with van der Waals surface area (Å²) in [6.07, 6.45) is 4.75. The smallest absolute Gasteiger partial charge is 0.317 e. The summed E-state index contributed by atoms with van der Waals surface area (Å²) in [6.45, 7) is 2.71. The molecular weight excluding hydrogens is 306 g/mol. The Morgan fingerprint density at radius 1 is 1.35 bits per heavy atom. The first-order chi connectivity index (χ1) is 11.2. The molecule has 2 rings (SSSR count). The van der Waals surface area contributed by atoms with Gasteiger partial charge >= 0.3 is 6.03 Å². The van der Waals surface area contributed by atoms with Crippen LogP contribution < -0.4 is 5.32 Å². The first-order valence-electron chi connectivity index (χ1n) is 8.54. The molecule has 1 aromatic rings. The van der Waals surface area contributed by atoms with Crippen molar-refractivity contribution in [3.8, 4) is 0 Å². The highest BCUT2D eigenvalue weighted by Gasteiger charge is 2.19. The summed E-state index contributed by atoms with van der Waals surface area (Å²) >= 11 is 1.85. The van der Waals surface area contributed by atoms with E-state index < -0.39 is 0 Å². The summed E-state index contributed by atoms with van der Waals surface area (Å²) in [5.74, 6) is 1.03. The molecule has 1 fully saturated rings. The lowest BCUT2D eigenvalue weighted by molar-refractivity contribution is 0.172. The van der Waals surface area contributed by atoms with Gasteiger partial charge in [0.15, 0.2) is 0 Å². The van der Waals surface area contributed by atoms with E-state index in [9.17, 15) is 4.79 Å². The summed E-state index contributed by atoms with van der Waals surface area (Å²) in [5, 5.41) is 3.08. The zero-order valence-electron chi connectivity index (χ0n) is 14.3. The van der Waals surface area contributed by atoms with Gasteiger partial charge in [0.05, 0.1) is 0 Å². The zero-order valence-corrected chi connectivity index (χ0v) is 15.1. The molecule has 1 unspecified atom stereocenters. The van der Waals surface area contributed by atoms with Crippen LogP contribution in [-0.2, 0) is 0 Å². The lowest BCUT2D eigenvalue weighted by Gasteiger charge is -2.33. The highest BCUT2D eigenvalue weighted by molar-refractivity contribution is 7.99. The Kier molecular flexibility index (Phi) is 7.76. The van der Waals surface area contributed by atoms with Gasteiger partial charge in [0.25, 0.3) is 0 Å². The maximum atomic E-state index is 12.1. The summed E-state index contributed by atoms with van der Waals surface area (Å²) < 4.78 is 0. The fourth-order valence-corrected chi connectivity index (χ4v) is 3.71. The number of hydrogen-bond donors (Lipinski definition) is 1. The van der Waals surface area contributed by atoms with Gasteiger partial charge in [0.1, 0.15) is 0 Å². The largest absolute Gasteiger partial charge is 0.336 e. The van der Waals surface area contributed by atoms with Crippen molar-refractivity contribution >= 4 is 17.8 Å². The van der Waals surface area contributed by atoms with Gasteiger partial charge in [-0.3, -0.25) is 0 Å². The zero-order chi connectivity index (χ0) is 16.5. The van der Waals surface area contributed by atoms with E-state index in [0.717, 1.165) is 31.8 Å². The second-order valence-corrected chi connectivity index (χ2v) is 7.42. The second-order valence-electron chi connectivity index (χ2n) is 6.25. The van der Waals surface area contributed by atoms with Gasteiger partial charge in [-0.2, -0.15) is 0 Å². The summed E-state index contributed by atoms with van der Waals surface area (Å²) in [7, 11) is 4.04. The van der Waals surface area contributed by atoms with Gasteiger partial charge in [-0.25, -0.2) is 4.79 Å². The Balaban J connectivity index is 1.59. The maximum Gasteiger partial charge on any atom is 0.317 e. The Bertz CT molecular complexity index is 469. The number of rotatable bonds is 7. The molecule has 1 atom stereocenters. The van der Waals surface area contributed by atoms with Gasteiger partial charge in [0, 0.05) is 31.1 Å². The minimum absolute atomic E-state index is 0.0497. The first kappa shape index (κ1) is 18.1. The number of urea groups is 1. The van der Waals surface area contributed by atoms with Crippen molar-refractivity contribution in [3.05, 3.63) is 30.3 Å². The molecule has 0 aromatic heterocycles. The number of carbonyl (C=O) groups excluding carboxylic acids is 1. The SMILES string of the molecule is CN(CCCSc1ccccc1)C(=O)NCC1CCCCN1C. The van der Waals surface area contributed by atoms with Gasteiger partial charge in [-0.15, -0.1) is 11.8 Å². The van der Waals surface area contributed by atoms with E-state index in [2.05, 4.69) is 41.5 Å². The Morgan fingerprint density at radius 3 is 2.87 bits per heavy atom. The number of nitrogens with one attached hydrogen (secondary N) is 1. The van der Waals surface area contributed by atoms with E-state index in [-0.39, 0.29) is 6.03 Å². The predicted octanol–water partition coefficient (Wildman–Crippen LogP) is 3.29. The number of carbonyl (C=O) groups is 1. The molecule has 1 heterocycles. The van der Waals surface area contributed by atoms with Gasteiger partial charge < -0.3 is 15.1 Å². The van der Waals surface area contributed by atoms with E-state index in [1.807, 2.05) is 24.9 Å². The van der Waals surface area contributed by atoms with E-state index in [4.69, 9.17) is 0 Å². The fraction of sp³-hybridized carbons (Fsp3) is 0.611. The number of likely N-dealkylation sites (N-methyl/N-ethyl adjacent to an activating group) is 1. The van der Waals surface area contributed by atoms with E-state index >= 15 is 0 Å². The molecule has 0 radical (unpaired) electrons. The second kappa shape index (κ2) is 9.83. The average Bonchev–Trinajstić information content (AvgIpc) is 2.58. The van der Waals surface area contributed by atoms with Gasteiger partial charge in [-0.05, 0) is 50.7 Å². The van der Waals surface area contributed by atoms with Crippen molar-refractivity contribution in [3.63, 3.8) is 0 Å². The fourth-order valence-electron chi connectivity index (χ4n) is 2.85. The van der Waals surface area contributed by atoms with Crippen LogP contribution in [-0.4, -0.2) is 61.4 Å². The monoisotopic (exact) mass is 335 g/mol. The molecule has 0 spiro atoms. The van der Waals surface area contributed by atoms with Crippen LogP contribution in [0.25, 0.3) is 0 Å². The first-order valence-corrected chi connectivity index (χ1v) is 9.52. The topological polar surface area (TPSA) is 35.6 Å². The van der Waals surface area contributed by atoms with Gasteiger partial charge in [-0.1, -0.05) is 24.6 Å². The summed E-state index contributed by atoms with van der Waals surface area (Å²) in [4.78, 5) is 17.6. The molecule has 1 aliphatic heterocycles. The third-order valence-electron chi connectivity index (χ3n) is 4.41. The minimum atomic E-state index is 0.0497. The molecule has 4 nitrogen and oxygen atoms in total. The Labute approximate surface area is 144 Å². The van der Waals surface area contributed by atoms with Crippen molar-refractivity contribution in [2.24, 2.45) is 0 Å². The van der Waals surface area contributed by atoms with Crippen LogP contribution in [0.2, 0.25) is 0 Å². The number of piperidine rings is 1. The summed E-state index contributed by atoms with van der Waals surface area (Å²) in [6, 6.07) is 11.0. The van der Waals surface area contributed by atoms with E-state index in [1.165, 1.54) is 24.2 Å². The Morgan fingerprint density at radius 2 is 2.13 bits per heavy atom. The molecule has 5 heteroatoms. The van der Waals surface area contributed by atoms with Crippen LogP contribution in [0, 0.1) is 0 Å². The Hall–Kier alpha value is -1.20. The molecule has 2 amide bonds. The van der Waals surface area contributed by atoms with Crippen LogP contribution in [0.3, 0.4) is 0 Å². The third kappa shape index (κ3) is 6.43. The lowest BCUT2D eigenvalue weighted by Crippen LogP contribution is -2.47. The molecule has 1 saturated heterocycles. The highest BCUT2D eigenvalue weighted by Crippen LogP contribution is 2.17. The quantitative estimate of drug-likeness (QED) is 0.613.